The Morgan fingerprint density at radius 1 is 0.360 bits per heavy atom. The van der Waals surface area contributed by atoms with E-state index >= 15 is 0 Å². The number of hydrogen-bond donors (Lipinski definition) is 0. The molecule has 0 amide bonds. The van der Waals surface area contributed by atoms with Crippen molar-refractivity contribution in [2.24, 2.45) is 0 Å². The second kappa shape index (κ2) is 11.4. The second-order valence-electron chi connectivity index (χ2n) is 12.5. The minimum Gasteiger partial charge on any atom is -0.309 e. The van der Waals surface area contributed by atoms with Gasteiger partial charge < -0.3 is 9.13 Å². The Morgan fingerprint density at radius 3 is 1.78 bits per heavy atom. The Morgan fingerprint density at radius 2 is 1.02 bits per heavy atom. The highest BCUT2D eigenvalue weighted by Gasteiger charge is 2.20. The molecule has 0 N–H and O–H groups in total. The van der Waals surface area contributed by atoms with Crippen LogP contribution in [0.15, 0.2) is 176 Å². The Balaban J connectivity index is 1.27. The molecule has 5 aromatic heterocycles. The average Bonchev–Trinajstić information content (AvgIpc) is 3.71. The third-order valence-corrected chi connectivity index (χ3v) is 9.64. The van der Waals surface area contributed by atoms with Crippen molar-refractivity contribution in [1.82, 2.24) is 24.1 Å². The molecule has 5 nitrogen and oxygen atoms in total. The molecular formula is C45H29N5. The summed E-state index contributed by atoms with van der Waals surface area (Å²) >= 11 is 0. The van der Waals surface area contributed by atoms with Gasteiger partial charge in [-0.25, -0.2) is 0 Å². The average molecular weight is 640 g/mol. The zero-order chi connectivity index (χ0) is 33.0. The van der Waals surface area contributed by atoms with E-state index in [9.17, 15) is 0 Å². The molecule has 0 spiro atoms. The Labute approximate surface area is 288 Å². The molecule has 10 rings (SSSR count). The molecule has 0 fully saturated rings. The molecule has 50 heavy (non-hydrogen) atoms. The van der Waals surface area contributed by atoms with E-state index in [1.54, 1.807) is 0 Å². The lowest BCUT2D eigenvalue weighted by Crippen LogP contribution is -1.98. The van der Waals surface area contributed by atoms with Gasteiger partial charge in [-0.05, 0) is 90.5 Å². The van der Waals surface area contributed by atoms with Gasteiger partial charge in [-0.15, -0.1) is 0 Å². The summed E-state index contributed by atoms with van der Waals surface area (Å²) in [4.78, 5) is 14.4. The molecule has 10 aromatic rings. The van der Waals surface area contributed by atoms with Crippen LogP contribution in [-0.4, -0.2) is 24.1 Å². The number of hydrogen-bond acceptors (Lipinski definition) is 3. The summed E-state index contributed by atoms with van der Waals surface area (Å²) in [7, 11) is 0. The molecule has 0 radical (unpaired) electrons. The largest absolute Gasteiger partial charge is 0.309 e. The van der Waals surface area contributed by atoms with E-state index in [1.165, 1.54) is 10.8 Å². The number of pyridine rings is 3. The first-order valence-electron chi connectivity index (χ1n) is 16.8. The number of aromatic nitrogens is 5. The number of nitrogens with zero attached hydrogens (tertiary/aromatic N) is 5. The molecule has 5 heteroatoms. The van der Waals surface area contributed by atoms with E-state index in [-0.39, 0.29) is 0 Å². The number of para-hydroxylation sites is 3. The van der Waals surface area contributed by atoms with Crippen LogP contribution in [0.5, 0.6) is 0 Å². The van der Waals surface area contributed by atoms with Gasteiger partial charge in [0.05, 0.1) is 39.0 Å². The summed E-state index contributed by atoms with van der Waals surface area (Å²) in [6, 6.07) is 55.6. The summed E-state index contributed by atoms with van der Waals surface area (Å²) in [6.45, 7) is 0. The zero-order valence-corrected chi connectivity index (χ0v) is 27.0. The van der Waals surface area contributed by atoms with Gasteiger partial charge in [0.1, 0.15) is 0 Å². The maximum Gasteiger partial charge on any atom is 0.0963 e. The first kappa shape index (κ1) is 28.2. The molecule has 0 bridgehead atoms. The maximum atomic E-state index is 4.89. The standard InChI is InChI=1S/C45H29N5/c1-2-12-33(13-3-1)49-42-22-21-30(29-38(42)44-43(49)20-11-25-48-44)35-15-10-16-37-36-14-4-5-19-41(36)50(45(35)37)34-27-31(39-17-6-8-23-46-39)26-32(28-34)40-18-7-9-24-47-40/h1-29H. The highest BCUT2D eigenvalue weighted by molar-refractivity contribution is 6.15. The fraction of sp³-hybridized carbons (Fsp3) is 0. The zero-order valence-electron chi connectivity index (χ0n) is 27.0. The van der Waals surface area contributed by atoms with Crippen LogP contribution in [-0.2, 0) is 0 Å². The van der Waals surface area contributed by atoms with Crippen LogP contribution in [0.1, 0.15) is 0 Å². The van der Waals surface area contributed by atoms with Crippen molar-refractivity contribution in [1.29, 1.82) is 0 Å². The van der Waals surface area contributed by atoms with Crippen molar-refractivity contribution in [2.75, 3.05) is 0 Å². The summed E-state index contributed by atoms with van der Waals surface area (Å²) in [6.07, 6.45) is 5.58. The van der Waals surface area contributed by atoms with Gasteiger partial charge in [0.25, 0.3) is 0 Å². The molecule has 0 saturated carbocycles. The Kier molecular flexibility index (Phi) is 6.42. The van der Waals surface area contributed by atoms with Crippen molar-refractivity contribution in [3.63, 3.8) is 0 Å². The molecule has 0 unspecified atom stereocenters. The minimum atomic E-state index is 0.917. The molecule has 0 saturated heterocycles. The normalized spacial score (nSPS) is 11.6. The molecule has 0 aliphatic carbocycles. The van der Waals surface area contributed by atoms with Gasteiger partial charge >= 0.3 is 0 Å². The molecule has 234 valence electrons. The third kappa shape index (κ3) is 4.45. The number of rotatable bonds is 5. The predicted octanol–water partition coefficient (Wildman–Crippen LogP) is 11.1. The monoisotopic (exact) mass is 639 g/mol. The van der Waals surface area contributed by atoms with Gasteiger partial charge in [-0.2, -0.15) is 0 Å². The predicted molar refractivity (Wildman–Crippen MR) is 205 cm³/mol. The van der Waals surface area contributed by atoms with Gasteiger partial charge in [0.15, 0.2) is 0 Å². The van der Waals surface area contributed by atoms with Crippen LogP contribution in [0.2, 0.25) is 0 Å². The summed E-state index contributed by atoms with van der Waals surface area (Å²) in [5, 5.41) is 3.53. The van der Waals surface area contributed by atoms with Crippen LogP contribution in [0.4, 0.5) is 0 Å². The fourth-order valence-corrected chi connectivity index (χ4v) is 7.48. The summed E-state index contributed by atoms with van der Waals surface area (Å²) in [5.74, 6) is 0. The quantitative estimate of drug-likeness (QED) is 0.188. The lowest BCUT2D eigenvalue weighted by Gasteiger charge is -2.15. The minimum absolute atomic E-state index is 0.917. The molecule has 0 atom stereocenters. The highest BCUT2D eigenvalue weighted by atomic mass is 15.0. The van der Waals surface area contributed by atoms with Gasteiger partial charge in [-0.3, -0.25) is 15.0 Å². The number of fused-ring (bicyclic) bond motifs is 6. The van der Waals surface area contributed by atoms with E-state index in [2.05, 4.69) is 137 Å². The topological polar surface area (TPSA) is 48.5 Å². The molecular weight excluding hydrogens is 611 g/mol. The number of benzene rings is 5. The molecule has 5 aromatic carbocycles. The van der Waals surface area contributed by atoms with E-state index in [4.69, 9.17) is 15.0 Å². The third-order valence-electron chi connectivity index (χ3n) is 9.64. The van der Waals surface area contributed by atoms with Crippen LogP contribution >= 0.6 is 0 Å². The SMILES string of the molecule is c1ccc(-n2c3ccc(-c4cccc5c6ccccc6n(-c6cc(-c7ccccn7)cc(-c7ccccn7)c6)c45)cc3c3ncccc32)cc1. The second-order valence-corrected chi connectivity index (χ2v) is 12.5. The van der Waals surface area contributed by atoms with Crippen molar-refractivity contribution < 1.29 is 0 Å². The Hall–Kier alpha value is -6.85. The molecule has 5 heterocycles. The fourth-order valence-electron chi connectivity index (χ4n) is 7.48. The van der Waals surface area contributed by atoms with E-state index in [1.807, 2.05) is 48.9 Å². The van der Waals surface area contributed by atoms with Gasteiger partial charge in [-0.1, -0.05) is 72.8 Å². The smallest absolute Gasteiger partial charge is 0.0963 e. The van der Waals surface area contributed by atoms with Crippen molar-refractivity contribution >= 4 is 43.7 Å². The van der Waals surface area contributed by atoms with E-state index < -0.39 is 0 Å². The van der Waals surface area contributed by atoms with Crippen molar-refractivity contribution in [3.8, 4) is 45.0 Å². The first-order valence-corrected chi connectivity index (χ1v) is 16.8. The summed E-state index contributed by atoms with van der Waals surface area (Å²) < 4.78 is 4.72. The lowest BCUT2D eigenvalue weighted by atomic mass is 10.00. The van der Waals surface area contributed by atoms with Crippen LogP contribution in [0, 0.1) is 0 Å². The molecule has 0 aliphatic rings. The highest BCUT2D eigenvalue weighted by Crippen LogP contribution is 2.41. The lowest BCUT2D eigenvalue weighted by molar-refractivity contribution is 1.17. The van der Waals surface area contributed by atoms with Crippen LogP contribution in [0.25, 0.3) is 88.8 Å². The van der Waals surface area contributed by atoms with Gasteiger partial charge in [0.2, 0.25) is 0 Å². The van der Waals surface area contributed by atoms with E-state index in [0.29, 0.717) is 0 Å². The van der Waals surface area contributed by atoms with Crippen molar-refractivity contribution in [3.05, 3.63) is 176 Å². The Bertz CT molecular complexity index is 2800. The maximum absolute atomic E-state index is 4.89. The first-order chi connectivity index (χ1) is 24.8. The van der Waals surface area contributed by atoms with Crippen LogP contribution in [0.3, 0.4) is 0 Å². The summed E-state index contributed by atoms with van der Waals surface area (Å²) in [5.41, 5.74) is 13.9. The van der Waals surface area contributed by atoms with E-state index in [0.717, 1.165) is 78.0 Å². The van der Waals surface area contributed by atoms with Crippen molar-refractivity contribution in [2.45, 2.75) is 0 Å². The molecule has 0 aliphatic heterocycles. The van der Waals surface area contributed by atoms with Gasteiger partial charge in [0, 0.05) is 62.8 Å². The van der Waals surface area contributed by atoms with Crippen LogP contribution < -0.4 is 0 Å².